The Hall–Kier alpha value is -1.70. The number of carbonyl (C=O) groups excluding carboxylic acids is 1. The number of carboxylic acids is 1. The molecule has 1 unspecified atom stereocenters. The van der Waals surface area contributed by atoms with Gasteiger partial charge in [0.1, 0.15) is 0 Å². The van der Waals surface area contributed by atoms with Crippen LogP contribution in [0.3, 0.4) is 0 Å². The van der Waals surface area contributed by atoms with Crippen LogP contribution in [0.4, 0.5) is 4.79 Å². The van der Waals surface area contributed by atoms with Gasteiger partial charge in [-0.05, 0) is 26.7 Å². The Bertz CT molecular complexity index is 383. The highest BCUT2D eigenvalue weighted by atomic mass is 16.4. The van der Waals surface area contributed by atoms with E-state index in [1.165, 1.54) is 0 Å². The molecule has 0 radical (unpaired) electrons. The van der Waals surface area contributed by atoms with E-state index in [1.807, 2.05) is 0 Å². The molecule has 1 heterocycles. The summed E-state index contributed by atoms with van der Waals surface area (Å²) in [6.45, 7) is 4.84. The number of nitrogens with one attached hydrogen (secondary N) is 1. The number of carboxylic acid groups (broad SMARTS) is 1. The number of piperidine rings is 1. The molecule has 1 atom stereocenters. The van der Waals surface area contributed by atoms with Crippen LogP contribution in [0.15, 0.2) is 0 Å². The molecule has 0 aromatic carbocycles. The van der Waals surface area contributed by atoms with Gasteiger partial charge in [-0.25, -0.2) is 4.79 Å². The van der Waals surface area contributed by atoms with Gasteiger partial charge in [-0.15, -0.1) is 11.8 Å². The maximum Gasteiger partial charge on any atom is 0.317 e. The summed E-state index contributed by atoms with van der Waals surface area (Å²) in [5.74, 6) is 4.78. The van der Waals surface area contributed by atoms with Crippen molar-refractivity contribution in [3.05, 3.63) is 0 Å². The van der Waals surface area contributed by atoms with Crippen molar-refractivity contribution in [3.63, 3.8) is 0 Å². The molecular formula is C13H20N2O3. The van der Waals surface area contributed by atoms with E-state index in [0.29, 0.717) is 25.9 Å². The lowest BCUT2D eigenvalue weighted by molar-refractivity contribution is -0.150. The van der Waals surface area contributed by atoms with E-state index in [9.17, 15) is 9.59 Å². The summed E-state index contributed by atoms with van der Waals surface area (Å²) in [5.41, 5.74) is -0.821. The molecule has 5 nitrogen and oxygen atoms in total. The van der Waals surface area contributed by atoms with Gasteiger partial charge in [-0.3, -0.25) is 4.79 Å². The smallest absolute Gasteiger partial charge is 0.317 e. The normalized spacial score (nSPS) is 22.9. The number of likely N-dealkylation sites (tertiary alicyclic amines) is 1. The van der Waals surface area contributed by atoms with Gasteiger partial charge in [0.2, 0.25) is 0 Å². The van der Waals surface area contributed by atoms with Crippen molar-refractivity contribution < 1.29 is 14.7 Å². The van der Waals surface area contributed by atoms with Crippen LogP contribution in [0.2, 0.25) is 0 Å². The van der Waals surface area contributed by atoms with Crippen LogP contribution in [0.1, 0.15) is 33.1 Å². The predicted octanol–water partition coefficient (Wildman–Crippen LogP) is 1.30. The van der Waals surface area contributed by atoms with Gasteiger partial charge in [0.05, 0.1) is 5.41 Å². The molecule has 0 saturated carbocycles. The van der Waals surface area contributed by atoms with Gasteiger partial charge < -0.3 is 15.3 Å². The van der Waals surface area contributed by atoms with Crippen LogP contribution < -0.4 is 5.32 Å². The standard InChI is InChI=1S/C13H20N2O3/c1-3-4-5-8-14-12(18)15-9-6-7-13(2,10-15)11(16)17/h5-10H2,1-2H3,(H,14,18)(H,16,17). The fourth-order valence-electron chi connectivity index (χ4n) is 2.06. The Labute approximate surface area is 108 Å². The van der Waals surface area contributed by atoms with Crippen molar-refractivity contribution in [3.8, 4) is 11.8 Å². The maximum atomic E-state index is 11.8. The lowest BCUT2D eigenvalue weighted by Crippen LogP contribution is -2.51. The second-order valence-electron chi connectivity index (χ2n) is 4.80. The molecule has 1 fully saturated rings. The molecule has 0 aromatic rings. The van der Waals surface area contributed by atoms with Crippen LogP contribution in [0.25, 0.3) is 0 Å². The Morgan fingerprint density at radius 3 is 2.83 bits per heavy atom. The van der Waals surface area contributed by atoms with Crippen LogP contribution >= 0.6 is 0 Å². The molecule has 0 aromatic heterocycles. The number of hydrogen-bond acceptors (Lipinski definition) is 2. The fourth-order valence-corrected chi connectivity index (χ4v) is 2.06. The number of carbonyl (C=O) groups is 2. The summed E-state index contributed by atoms with van der Waals surface area (Å²) in [6.07, 6.45) is 1.96. The minimum absolute atomic E-state index is 0.194. The summed E-state index contributed by atoms with van der Waals surface area (Å²) in [5, 5.41) is 11.9. The van der Waals surface area contributed by atoms with Crippen molar-refractivity contribution in [1.29, 1.82) is 0 Å². The first-order valence-corrected chi connectivity index (χ1v) is 6.15. The second-order valence-corrected chi connectivity index (χ2v) is 4.80. The highest BCUT2D eigenvalue weighted by Gasteiger charge is 2.39. The molecule has 0 aliphatic carbocycles. The Kier molecular flexibility index (Phi) is 5.02. The molecular weight excluding hydrogens is 232 g/mol. The molecule has 18 heavy (non-hydrogen) atoms. The largest absolute Gasteiger partial charge is 0.481 e. The minimum atomic E-state index is -0.836. The topological polar surface area (TPSA) is 69.6 Å². The number of hydrogen-bond donors (Lipinski definition) is 2. The molecule has 1 rings (SSSR count). The Morgan fingerprint density at radius 2 is 2.22 bits per heavy atom. The summed E-state index contributed by atoms with van der Waals surface area (Å²) in [4.78, 5) is 24.6. The van der Waals surface area contributed by atoms with Crippen molar-refractivity contribution in [2.45, 2.75) is 33.1 Å². The lowest BCUT2D eigenvalue weighted by atomic mass is 9.82. The number of amides is 2. The van der Waals surface area contributed by atoms with Crippen molar-refractivity contribution in [2.24, 2.45) is 5.41 Å². The highest BCUT2D eigenvalue weighted by Crippen LogP contribution is 2.29. The first kappa shape index (κ1) is 14.4. The lowest BCUT2D eigenvalue weighted by Gasteiger charge is -2.37. The van der Waals surface area contributed by atoms with Gasteiger partial charge in [-0.2, -0.15) is 0 Å². The fraction of sp³-hybridized carbons (Fsp3) is 0.692. The molecule has 1 aliphatic rings. The molecule has 2 N–H and O–H groups in total. The quantitative estimate of drug-likeness (QED) is 0.587. The van der Waals surface area contributed by atoms with E-state index >= 15 is 0 Å². The van der Waals surface area contributed by atoms with E-state index in [4.69, 9.17) is 5.11 Å². The zero-order valence-electron chi connectivity index (χ0n) is 11.0. The van der Waals surface area contributed by atoms with Crippen LogP contribution in [-0.4, -0.2) is 41.6 Å². The number of rotatable bonds is 3. The summed E-state index contributed by atoms with van der Waals surface area (Å²) in [7, 11) is 0. The average molecular weight is 252 g/mol. The van der Waals surface area contributed by atoms with Gasteiger partial charge in [0, 0.05) is 26.1 Å². The van der Waals surface area contributed by atoms with E-state index in [2.05, 4.69) is 17.2 Å². The first-order chi connectivity index (χ1) is 8.49. The van der Waals surface area contributed by atoms with Gasteiger partial charge in [0.25, 0.3) is 0 Å². The van der Waals surface area contributed by atoms with E-state index in [1.54, 1.807) is 18.7 Å². The SMILES string of the molecule is CC#CCCNC(=O)N1CCCC(C)(C(=O)O)C1. The zero-order valence-corrected chi connectivity index (χ0v) is 11.0. The predicted molar refractivity (Wildman–Crippen MR) is 68.0 cm³/mol. The molecule has 0 spiro atoms. The summed E-state index contributed by atoms with van der Waals surface area (Å²) >= 11 is 0. The molecule has 1 aliphatic heterocycles. The van der Waals surface area contributed by atoms with Gasteiger partial charge in [-0.1, -0.05) is 0 Å². The van der Waals surface area contributed by atoms with Crippen molar-refractivity contribution in [1.82, 2.24) is 10.2 Å². The third-order valence-corrected chi connectivity index (χ3v) is 3.20. The maximum absolute atomic E-state index is 11.8. The van der Waals surface area contributed by atoms with Gasteiger partial charge in [0.15, 0.2) is 0 Å². The van der Waals surface area contributed by atoms with Crippen molar-refractivity contribution in [2.75, 3.05) is 19.6 Å². The molecule has 2 amide bonds. The zero-order chi connectivity index (χ0) is 13.6. The molecule has 0 bridgehead atoms. The minimum Gasteiger partial charge on any atom is -0.481 e. The molecule has 100 valence electrons. The highest BCUT2D eigenvalue weighted by molar-refractivity contribution is 5.78. The van der Waals surface area contributed by atoms with Crippen molar-refractivity contribution >= 4 is 12.0 Å². The molecule has 1 saturated heterocycles. The Morgan fingerprint density at radius 1 is 1.50 bits per heavy atom. The van der Waals surface area contributed by atoms with Crippen LogP contribution in [-0.2, 0) is 4.79 Å². The average Bonchev–Trinajstić information content (AvgIpc) is 2.34. The van der Waals surface area contributed by atoms with Crippen LogP contribution in [0, 0.1) is 17.3 Å². The van der Waals surface area contributed by atoms with Crippen LogP contribution in [0.5, 0.6) is 0 Å². The monoisotopic (exact) mass is 252 g/mol. The Balaban J connectivity index is 2.47. The number of nitrogens with zero attached hydrogens (tertiary/aromatic N) is 1. The summed E-state index contributed by atoms with van der Waals surface area (Å²) < 4.78 is 0. The van der Waals surface area contributed by atoms with Gasteiger partial charge >= 0.3 is 12.0 Å². The van der Waals surface area contributed by atoms with E-state index < -0.39 is 11.4 Å². The summed E-state index contributed by atoms with van der Waals surface area (Å²) in [6, 6.07) is -0.194. The number of urea groups is 1. The number of aliphatic carboxylic acids is 1. The third kappa shape index (κ3) is 3.66. The first-order valence-electron chi connectivity index (χ1n) is 6.15. The third-order valence-electron chi connectivity index (χ3n) is 3.20. The van der Waals surface area contributed by atoms with E-state index in [-0.39, 0.29) is 12.6 Å². The second kappa shape index (κ2) is 6.29. The molecule has 5 heteroatoms. The van der Waals surface area contributed by atoms with E-state index in [0.717, 1.165) is 6.42 Å².